The van der Waals surface area contributed by atoms with Crippen LogP contribution in [-0.2, 0) is 14.3 Å². The van der Waals surface area contributed by atoms with E-state index in [1.807, 2.05) is 19.1 Å². The highest BCUT2D eigenvalue weighted by Crippen LogP contribution is 2.36. The molecule has 2 aromatic heterocycles. The first kappa shape index (κ1) is 22.6. The Labute approximate surface area is 196 Å². The van der Waals surface area contributed by atoms with E-state index in [1.54, 1.807) is 29.4 Å². The molecule has 0 aliphatic carbocycles. The van der Waals surface area contributed by atoms with Crippen LogP contribution in [0.5, 0.6) is 0 Å². The number of likely N-dealkylation sites (tertiary alicyclic amines) is 1. The third-order valence-corrected chi connectivity index (χ3v) is 6.41. The fraction of sp³-hybridized carbons (Fsp3) is 0.400. The number of aromatic amines is 1. The number of H-pyrrole nitrogens is 1. The van der Waals surface area contributed by atoms with Gasteiger partial charge < -0.3 is 24.5 Å². The third kappa shape index (κ3) is 4.46. The molecule has 9 heteroatoms. The van der Waals surface area contributed by atoms with Crippen LogP contribution in [0.25, 0.3) is 22.5 Å². The number of pyridine rings is 1. The Kier molecular flexibility index (Phi) is 6.16. The summed E-state index contributed by atoms with van der Waals surface area (Å²) in [5.74, 6) is 0.125. The number of aliphatic hydroxyl groups is 1. The number of hydrogen-bond acceptors (Lipinski definition) is 6. The minimum absolute atomic E-state index is 0.0261. The highest BCUT2D eigenvalue weighted by Gasteiger charge is 2.43. The first-order valence-corrected chi connectivity index (χ1v) is 11.4. The number of piperidine rings is 1. The number of halogens is 1. The second-order valence-corrected chi connectivity index (χ2v) is 9.13. The summed E-state index contributed by atoms with van der Waals surface area (Å²) >= 11 is 0. The lowest BCUT2D eigenvalue weighted by Gasteiger charge is -2.40. The van der Waals surface area contributed by atoms with Crippen molar-refractivity contribution >= 4 is 5.91 Å². The molecule has 0 spiro atoms. The summed E-state index contributed by atoms with van der Waals surface area (Å²) in [6.07, 6.45) is 3.44. The third-order valence-electron chi connectivity index (χ3n) is 6.41. The minimum Gasteiger partial charge on any atom is -0.393 e. The zero-order valence-corrected chi connectivity index (χ0v) is 18.9. The number of rotatable bonds is 4. The van der Waals surface area contributed by atoms with Gasteiger partial charge in [-0.3, -0.25) is 9.78 Å². The van der Waals surface area contributed by atoms with Gasteiger partial charge in [0.05, 0.1) is 36.1 Å². The molecule has 2 aliphatic heterocycles. The van der Waals surface area contributed by atoms with Gasteiger partial charge in [0, 0.05) is 36.6 Å². The van der Waals surface area contributed by atoms with Gasteiger partial charge in [0.15, 0.2) is 5.82 Å². The van der Waals surface area contributed by atoms with Crippen molar-refractivity contribution in [2.75, 3.05) is 26.3 Å². The monoisotopic (exact) mass is 466 g/mol. The summed E-state index contributed by atoms with van der Waals surface area (Å²) in [6.45, 7) is 3.28. The molecule has 0 atom stereocenters. The fourth-order valence-corrected chi connectivity index (χ4v) is 4.39. The van der Waals surface area contributed by atoms with Crippen molar-refractivity contribution in [2.24, 2.45) is 5.41 Å². The summed E-state index contributed by atoms with van der Waals surface area (Å²) in [5, 5.41) is 9.73. The van der Waals surface area contributed by atoms with E-state index in [-0.39, 0.29) is 31.0 Å². The lowest BCUT2D eigenvalue weighted by atomic mass is 9.89. The Bertz CT molecular complexity index is 1140. The molecule has 178 valence electrons. The Morgan fingerprint density at radius 1 is 1.09 bits per heavy atom. The summed E-state index contributed by atoms with van der Waals surface area (Å²) in [7, 11) is 0. The van der Waals surface area contributed by atoms with Crippen LogP contribution in [0.1, 0.15) is 31.9 Å². The predicted octanol–water partition coefficient (Wildman–Crippen LogP) is 3.31. The fourth-order valence-electron chi connectivity index (χ4n) is 4.39. The molecule has 8 nitrogen and oxygen atoms in total. The summed E-state index contributed by atoms with van der Waals surface area (Å²) < 4.78 is 25.5. The van der Waals surface area contributed by atoms with Gasteiger partial charge in [0.2, 0.25) is 12.2 Å². The van der Waals surface area contributed by atoms with E-state index in [0.29, 0.717) is 37.4 Å². The van der Waals surface area contributed by atoms with Crippen LogP contribution in [0.4, 0.5) is 4.39 Å². The van der Waals surface area contributed by atoms with Crippen LogP contribution in [-0.4, -0.2) is 63.3 Å². The molecule has 0 unspecified atom stereocenters. The van der Waals surface area contributed by atoms with E-state index in [9.17, 15) is 14.3 Å². The van der Waals surface area contributed by atoms with Gasteiger partial charge in [-0.15, -0.1) is 0 Å². The van der Waals surface area contributed by atoms with Crippen LogP contribution < -0.4 is 0 Å². The lowest BCUT2D eigenvalue weighted by molar-refractivity contribution is -0.234. The molecule has 0 saturated carbocycles. The Morgan fingerprint density at radius 2 is 1.74 bits per heavy atom. The Hall–Kier alpha value is -3.14. The van der Waals surface area contributed by atoms with E-state index in [1.165, 1.54) is 12.1 Å². The summed E-state index contributed by atoms with van der Waals surface area (Å²) in [4.78, 5) is 27.0. The maximum absolute atomic E-state index is 13.5. The highest BCUT2D eigenvalue weighted by atomic mass is 19.1. The molecule has 1 amide bonds. The number of aromatic nitrogens is 3. The van der Waals surface area contributed by atoms with Crippen molar-refractivity contribution in [3.63, 3.8) is 0 Å². The average Bonchev–Trinajstić information content (AvgIpc) is 3.31. The zero-order valence-electron chi connectivity index (χ0n) is 18.9. The number of nitrogens with one attached hydrogen (secondary N) is 1. The molecule has 0 bridgehead atoms. The van der Waals surface area contributed by atoms with Gasteiger partial charge in [-0.1, -0.05) is 0 Å². The number of aliphatic hydroxyl groups excluding tert-OH is 1. The molecule has 3 aromatic rings. The lowest BCUT2D eigenvalue weighted by Crippen LogP contribution is -2.52. The molecule has 2 N–H and O–H groups in total. The zero-order chi connectivity index (χ0) is 23.7. The standard InChI is InChI=1S/C25H27FN4O4/c1-25(24(32)30-12-8-19(31)9-13-30)14-33-23(34-15-25)22-28-20(16-2-4-18(26)5-3-16)21(29-22)17-6-10-27-11-7-17/h2-7,10-11,19,23,31H,8-9,12-15H2,1H3,(H,28,29). The molecular weight excluding hydrogens is 439 g/mol. The second-order valence-electron chi connectivity index (χ2n) is 9.13. The summed E-state index contributed by atoms with van der Waals surface area (Å²) in [6, 6.07) is 9.85. The Balaban J connectivity index is 1.36. The molecule has 2 aliphatic rings. The average molecular weight is 467 g/mol. The quantitative estimate of drug-likeness (QED) is 0.612. The van der Waals surface area contributed by atoms with Crippen molar-refractivity contribution in [1.29, 1.82) is 0 Å². The van der Waals surface area contributed by atoms with Crippen LogP contribution in [0, 0.1) is 11.2 Å². The first-order valence-electron chi connectivity index (χ1n) is 11.4. The van der Waals surface area contributed by atoms with Gasteiger partial charge in [0.1, 0.15) is 5.82 Å². The van der Waals surface area contributed by atoms with Crippen LogP contribution in [0.15, 0.2) is 48.8 Å². The van der Waals surface area contributed by atoms with Gasteiger partial charge in [-0.05, 0) is 56.2 Å². The van der Waals surface area contributed by atoms with Gasteiger partial charge in [-0.25, -0.2) is 9.37 Å². The Morgan fingerprint density at radius 3 is 2.38 bits per heavy atom. The number of hydrogen-bond donors (Lipinski definition) is 2. The van der Waals surface area contributed by atoms with Crippen molar-refractivity contribution in [2.45, 2.75) is 32.2 Å². The number of nitrogens with zero attached hydrogens (tertiary/aromatic N) is 3. The predicted molar refractivity (Wildman–Crippen MR) is 122 cm³/mol. The summed E-state index contributed by atoms with van der Waals surface area (Å²) in [5.41, 5.74) is 2.20. The maximum atomic E-state index is 13.5. The molecule has 0 radical (unpaired) electrons. The van der Waals surface area contributed by atoms with Crippen LogP contribution in [0.2, 0.25) is 0 Å². The molecule has 1 aromatic carbocycles. The molecule has 4 heterocycles. The number of carbonyl (C=O) groups excluding carboxylic acids is 1. The van der Waals surface area contributed by atoms with Crippen LogP contribution in [0.3, 0.4) is 0 Å². The van der Waals surface area contributed by atoms with Crippen molar-refractivity contribution < 1.29 is 23.8 Å². The largest absolute Gasteiger partial charge is 0.393 e. The smallest absolute Gasteiger partial charge is 0.233 e. The molecular formula is C25H27FN4O4. The first-order chi connectivity index (χ1) is 16.4. The topological polar surface area (TPSA) is 101 Å². The molecule has 34 heavy (non-hydrogen) atoms. The van der Waals surface area contributed by atoms with E-state index >= 15 is 0 Å². The maximum Gasteiger partial charge on any atom is 0.233 e. The van der Waals surface area contributed by atoms with Crippen molar-refractivity contribution in [3.8, 4) is 22.5 Å². The highest BCUT2D eigenvalue weighted by molar-refractivity contribution is 5.83. The number of ether oxygens (including phenoxy) is 2. The normalized spacial score (nSPS) is 23.7. The number of imidazole rings is 1. The molecule has 2 fully saturated rings. The molecule has 2 saturated heterocycles. The second kappa shape index (κ2) is 9.25. The van der Waals surface area contributed by atoms with E-state index in [4.69, 9.17) is 14.5 Å². The van der Waals surface area contributed by atoms with Gasteiger partial charge in [-0.2, -0.15) is 0 Å². The number of amides is 1. The van der Waals surface area contributed by atoms with E-state index in [0.717, 1.165) is 16.8 Å². The van der Waals surface area contributed by atoms with Gasteiger partial charge in [0.25, 0.3) is 0 Å². The number of carbonyl (C=O) groups is 1. The minimum atomic E-state index is -0.806. The van der Waals surface area contributed by atoms with E-state index in [2.05, 4.69) is 9.97 Å². The molecule has 5 rings (SSSR count). The van der Waals surface area contributed by atoms with E-state index < -0.39 is 11.7 Å². The number of benzene rings is 1. The van der Waals surface area contributed by atoms with Crippen LogP contribution >= 0.6 is 0 Å². The van der Waals surface area contributed by atoms with Gasteiger partial charge >= 0.3 is 0 Å². The van der Waals surface area contributed by atoms with Crippen molar-refractivity contribution in [3.05, 3.63) is 60.4 Å². The SMILES string of the molecule is CC1(C(=O)N2CCC(O)CC2)COC(c2nc(-c3ccc(F)cc3)c(-c3ccncc3)[nH]2)OC1. The van der Waals surface area contributed by atoms with Crippen molar-refractivity contribution in [1.82, 2.24) is 19.9 Å².